The fraction of sp³-hybridized carbons (Fsp3) is 0.280. The molecule has 1 N–H and O–H groups in total. The van der Waals surface area contributed by atoms with Gasteiger partial charge in [-0.25, -0.2) is 65.9 Å². The lowest BCUT2D eigenvalue weighted by Gasteiger charge is -2.40. The Kier molecular flexibility index (Phi) is 10.7. The smallest absolute Gasteiger partial charge is 0.200 e. The molecule has 232 valence electrons. The molecule has 3 aromatic rings. The zero-order chi connectivity index (χ0) is 32.6. The molecule has 0 aliphatic rings. The third-order valence-electron chi connectivity index (χ3n) is 6.96. The van der Waals surface area contributed by atoms with Crippen LogP contribution in [0.4, 0.5) is 65.9 Å². The van der Waals surface area contributed by atoms with Crippen LogP contribution in [0, 0.1) is 87.3 Å². The van der Waals surface area contributed by atoms with E-state index >= 15 is 0 Å². The van der Waals surface area contributed by atoms with E-state index in [1.165, 1.54) is 19.6 Å². The third-order valence-corrected chi connectivity index (χ3v) is 6.96. The highest BCUT2D eigenvalue weighted by molar-refractivity contribution is 7.11. The van der Waals surface area contributed by atoms with Gasteiger partial charge in [0.15, 0.2) is 52.4 Å². The Morgan fingerprint density at radius 2 is 0.476 bits per heavy atom. The predicted octanol–water partition coefficient (Wildman–Crippen LogP) is 4.80. The van der Waals surface area contributed by atoms with Crippen LogP contribution < -0.4 is 21.3 Å². The van der Waals surface area contributed by atoms with Crippen molar-refractivity contribution in [1.82, 2.24) is 0 Å². The fourth-order valence-corrected chi connectivity index (χ4v) is 4.57. The standard InChI is InChI=1S/C19H3BF15.C6H15N/c1-20(2-5(21)11(27)17(33)12(28)6(2)22,3-7(23)13(29)18(34)14(30)8(3)24)4-9(25)15(31)19(35)16(32)10(4)26;1-4-7(5-2)6-3/h1H3;4-6H2,1-3H3/q-1;/p+1. The van der Waals surface area contributed by atoms with Crippen molar-refractivity contribution in [1.29, 1.82) is 0 Å². The first-order valence-corrected chi connectivity index (χ1v) is 12.0. The summed E-state index contributed by atoms with van der Waals surface area (Å²) in [4.78, 5) is 1.68. The number of hydrogen-bond acceptors (Lipinski definition) is 0. The maximum atomic E-state index is 14.6. The average Bonchev–Trinajstić information content (AvgIpc) is 2.96. The van der Waals surface area contributed by atoms with Gasteiger partial charge in [0, 0.05) is 0 Å². The molecule has 0 aromatic heterocycles. The summed E-state index contributed by atoms with van der Waals surface area (Å²) in [5, 5.41) is 0. The maximum Gasteiger partial charge on any atom is 0.200 e. The molecule has 3 rings (SSSR count). The summed E-state index contributed by atoms with van der Waals surface area (Å²) in [6.07, 6.45) is -5.41. The minimum atomic E-state index is -5.41. The second-order valence-electron chi connectivity index (χ2n) is 9.06. The highest BCUT2D eigenvalue weighted by atomic mass is 19.2. The molecule has 0 amide bonds. The molecule has 17 heteroatoms. The quantitative estimate of drug-likeness (QED) is 0.173. The Labute approximate surface area is 228 Å². The lowest BCUT2D eigenvalue weighted by Crippen LogP contribution is -3.11. The summed E-state index contributed by atoms with van der Waals surface area (Å²) in [5.74, 6) is -45.1. The van der Waals surface area contributed by atoms with E-state index in [1.54, 1.807) is 4.90 Å². The Morgan fingerprint density at radius 1 is 0.333 bits per heavy atom. The summed E-state index contributed by atoms with van der Waals surface area (Å²) >= 11 is 0. The lowest BCUT2D eigenvalue weighted by atomic mass is 9.16. The van der Waals surface area contributed by atoms with Gasteiger partial charge in [0.25, 0.3) is 0 Å². The van der Waals surface area contributed by atoms with Crippen molar-refractivity contribution in [2.45, 2.75) is 27.6 Å². The van der Waals surface area contributed by atoms with Gasteiger partial charge in [0.05, 0.1) is 19.6 Å². The summed E-state index contributed by atoms with van der Waals surface area (Å²) in [6.45, 7) is 10.3. The van der Waals surface area contributed by atoms with E-state index in [9.17, 15) is 65.9 Å². The second kappa shape index (κ2) is 12.9. The molecule has 3 aromatic carbocycles. The zero-order valence-corrected chi connectivity index (χ0v) is 21.9. The van der Waals surface area contributed by atoms with E-state index < -0.39 is 110 Å². The summed E-state index contributed by atoms with van der Waals surface area (Å²) < 4.78 is 212. The van der Waals surface area contributed by atoms with Crippen LogP contribution in [0.1, 0.15) is 20.8 Å². The van der Waals surface area contributed by atoms with E-state index in [4.69, 9.17) is 0 Å². The first-order chi connectivity index (χ1) is 19.4. The second-order valence-corrected chi connectivity index (χ2v) is 9.06. The van der Waals surface area contributed by atoms with Crippen LogP contribution in [-0.4, -0.2) is 25.8 Å². The van der Waals surface area contributed by atoms with Gasteiger partial charge in [0.1, 0.15) is 41.0 Å². The van der Waals surface area contributed by atoms with E-state index in [1.807, 2.05) is 0 Å². The summed E-state index contributed by atoms with van der Waals surface area (Å²) in [7, 11) is 0. The van der Waals surface area contributed by atoms with Gasteiger partial charge >= 0.3 is 0 Å². The van der Waals surface area contributed by atoms with Gasteiger partial charge < -0.3 is 4.90 Å². The van der Waals surface area contributed by atoms with Crippen LogP contribution in [0.2, 0.25) is 6.82 Å². The third kappa shape index (κ3) is 5.42. The minimum absolute atomic E-state index is 0.213. The monoisotopic (exact) mass is 629 g/mol. The molecular formula is C25H19BF15N. The minimum Gasteiger partial charge on any atom is -0.336 e. The van der Waals surface area contributed by atoms with Crippen LogP contribution in [0.3, 0.4) is 0 Å². The summed E-state index contributed by atoms with van der Waals surface area (Å²) in [6, 6.07) is 0. The molecule has 0 fully saturated rings. The number of halogens is 15. The van der Waals surface area contributed by atoms with Gasteiger partial charge in [-0.1, -0.05) is 0 Å². The Bertz CT molecular complexity index is 1260. The molecule has 0 aliphatic carbocycles. The topological polar surface area (TPSA) is 4.44 Å². The SMILES string of the molecule is CC[NH+](CC)CC.C[B-](c1c(F)c(F)c(F)c(F)c1F)(c1c(F)c(F)c(F)c(F)c1F)c1c(F)c(F)c(F)c(F)c1F. The van der Waals surface area contributed by atoms with Crippen molar-refractivity contribution in [3.8, 4) is 0 Å². The van der Waals surface area contributed by atoms with Crippen LogP contribution in [0.25, 0.3) is 0 Å². The predicted molar refractivity (Wildman–Crippen MR) is 122 cm³/mol. The first kappa shape index (κ1) is 34.8. The Hall–Kier alpha value is -3.37. The molecule has 0 saturated heterocycles. The molecule has 0 radical (unpaired) electrons. The largest absolute Gasteiger partial charge is 0.336 e. The van der Waals surface area contributed by atoms with E-state index in [2.05, 4.69) is 20.8 Å². The molecule has 0 atom stereocenters. The average molecular weight is 629 g/mol. The van der Waals surface area contributed by atoms with Gasteiger partial charge in [-0.2, -0.15) is 6.82 Å². The molecule has 0 aliphatic heterocycles. The lowest BCUT2D eigenvalue weighted by molar-refractivity contribution is -0.894. The highest BCUT2D eigenvalue weighted by Gasteiger charge is 2.45. The van der Waals surface area contributed by atoms with Gasteiger partial charge in [-0.3, -0.25) is 0 Å². The van der Waals surface area contributed by atoms with Crippen LogP contribution in [0.15, 0.2) is 0 Å². The molecule has 0 bridgehead atoms. The van der Waals surface area contributed by atoms with Crippen LogP contribution in [0.5, 0.6) is 0 Å². The van der Waals surface area contributed by atoms with Gasteiger partial charge in [0.2, 0.25) is 0 Å². The number of quaternary nitrogens is 1. The molecule has 0 heterocycles. The number of rotatable bonds is 6. The molecule has 0 spiro atoms. The van der Waals surface area contributed by atoms with E-state index in [-0.39, 0.29) is 6.82 Å². The van der Waals surface area contributed by atoms with Crippen molar-refractivity contribution in [2.75, 3.05) is 19.6 Å². The molecular weight excluding hydrogens is 610 g/mol. The van der Waals surface area contributed by atoms with Crippen molar-refractivity contribution in [2.24, 2.45) is 0 Å². The van der Waals surface area contributed by atoms with E-state index in [0.717, 1.165) is 0 Å². The Balaban J connectivity index is 0.000000782. The molecule has 0 unspecified atom stereocenters. The fourth-order valence-electron chi connectivity index (χ4n) is 4.57. The molecule has 0 saturated carbocycles. The van der Waals surface area contributed by atoms with Crippen molar-refractivity contribution in [3.63, 3.8) is 0 Å². The highest BCUT2D eigenvalue weighted by Crippen LogP contribution is 2.27. The van der Waals surface area contributed by atoms with Gasteiger partial charge in [-0.15, -0.1) is 16.4 Å². The summed E-state index contributed by atoms with van der Waals surface area (Å²) in [5.41, 5.74) is -7.89. The molecule has 1 nitrogen and oxygen atoms in total. The van der Waals surface area contributed by atoms with Crippen LogP contribution >= 0.6 is 0 Å². The first-order valence-electron chi connectivity index (χ1n) is 12.0. The van der Waals surface area contributed by atoms with Crippen LogP contribution in [-0.2, 0) is 0 Å². The number of benzene rings is 3. The van der Waals surface area contributed by atoms with Gasteiger partial charge in [-0.05, 0) is 20.8 Å². The van der Waals surface area contributed by atoms with Crippen molar-refractivity contribution < 1.29 is 70.8 Å². The molecule has 42 heavy (non-hydrogen) atoms. The maximum absolute atomic E-state index is 14.6. The van der Waals surface area contributed by atoms with Crippen molar-refractivity contribution in [3.05, 3.63) is 87.3 Å². The van der Waals surface area contributed by atoms with E-state index in [0.29, 0.717) is 0 Å². The normalized spacial score (nSPS) is 11.7. The zero-order valence-electron chi connectivity index (χ0n) is 21.9. The van der Waals surface area contributed by atoms with Crippen molar-refractivity contribution >= 4 is 22.5 Å². The number of nitrogens with one attached hydrogen (secondary N) is 1. The Morgan fingerprint density at radius 3 is 0.595 bits per heavy atom. The number of hydrogen-bond donors (Lipinski definition) is 1.